The summed E-state index contributed by atoms with van der Waals surface area (Å²) in [6.07, 6.45) is 2.78. The number of hydrazine groups is 1. The third-order valence-corrected chi connectivity index (χ3v) is 3.74. The summed E-state index contributed by atoms with van der Waals surface area (Å²) < 4.78 is 13.9. The summed E-state index contributed by atoms with van der Waals surface area (Å²) in [6.45, 7) is 0. The molecule has 0 fully saturated rings. The number of aromatic nitrogens is 2. The molecule has 25 heavy (non-hydrogen) atoms. The molecule has 0 aliphatic heterocycles. The number of nitro groups is 1. The van der Waals surface area contributed by atoms with Crippen molar-refractivity contribution in [3.05, 3.63) is 75.9 Å². The lowest BCUT2D eigenvalue weighted by Crippen LogP contribution is -2.12. The van der Waals surface area contributed by atoms with Crippen molar-refractivity contribution in [2.24, 2.45) is 0 Å². The summed E-state index contributed by atoms with van der Waals surface area (Å²) >= 11 is 6.29. The van der Waals surface area contributed by atoms with Crippen LogP contribution in [-0.4, -0.2) is 14.9 Å². The number of nitrogens with zero attached hydrogens (tertiary/aromatic N) is 3. The summed E-state index contributed by atoms with van der Waals surface area (Å²) in [7, 11) is 0. The first-order chi connectivity index (χ1) is 12.1. The zero-order chi connectivity index (χ0) is 17.8. The Morgan fingerprint density at radius 3 is 2.56 bits per heavy atom. The van der Waals surface area contributed by atoms with Gasteiger partial charge < -0.3 is 0 Å². The van der Waals surface area contributed by atoms with E-state index in [-0.39, 0.29) is 27.8 Å². The Hall–Kier alpha value is -3.26. The first-order valence-electron chi connectivity index (χ1n) is 7.09. The lowest BCUT2D eigenvalue weighted by atomic mass is 10.1. The first-order valence-corrected chi connectivity index (χ1v) is 7.46. The van der Waals surface area contributed by atoms with Crippen molar-refractivity contribution in [1.29, 1.82) is 0 Å². The zero-order valence-corrected chi connectivity index (χ0v) is 13.4. The van der Waals surface area contributed by atoms with Crippen LogP contribution >= 0.6 is 11.6 Å². The molecule has 0 unspecified atom stereocenters. The molecule has 9 heteroatoms. The second kappa shape index (κ2) is 7.10. The smallest absolute Gasteiger partial charge is 0.293 e. The van der Waals surface area contributed by atoms with Crippen LogP contribution in [0.15, 0.2) is 54.9 Å². The molecule has 1 aromatic carbocycles. The van der Waals surface area contributed by atoms with E-state index in [4.69, 9.17) is 11.6 Å². The highest BCUT2D eigenvalue weighted by molar-refractivity contribution is 6.35. The van der Waals surface area contributed by atoms with E-state index in [1.54, 1.807) is 30.3 Å². The molecule has 2 aromatic heterocycles. The molecule has 0 amide bonds. The average molecular weight is 360 g/mol. The van der Waals surface area contributed by atoms with Crippen LogP contribution in [0.25, 0.3) is 11.1 Å². The van der Waals surface area contributed by atoms with E-state index in [0.717, 1.165) is 0 Å². The van der Waals surface area contributed by atoms with E-state index in [0.29, 0.717) is 5.56 Å². The maximum Gasteiger partial charge on any atom is 0.294 e. The van der Waals surface area contributed by atoms with Crippen LogP contribution in [-0.2, 0) is 0 Å². The summed E-state index contributed by atoms with van der Waals surface area (Å²) in [5.41, 5.74) is 6.16. The first kappa shape index (κ1) is 16.6. The molecule has 0 saturated heterocycles. The fourth-order valence-corrected chi connectivity index (χ4v) is 2.45. The van der Waals surface area contributed by atoms with Crippen molar-refractivity contribution >= 4 is 28.8 Å². The molecule has 126 valence electrons. The number of benzene rings is 1. The van der Waals surface area contributed by atoms with Gasteiger partial charge in [-0.2, -0.15) is 4.39 Å². The number of nitro benzene ring substituents is 1. The van der Waals surface area contributed by atoms with Gasteiger partial charge in [0.05, 0.1) is 9.95 Å². The second-order valence-electron chi connectivity index (χ2n) is 4.89. The van der Waals surface area contributed by atoms with Gasteiger partial charge in [0.1, 0.15) is 5.69 Å². The van der Waals surface area contributed by atoms with Gasteiger partial charge in [-0.25, -0.2) is 9.97 Å². The molecule has 2 heterocycles. The van der Waals surface area contributed by atoms with Gasteiger partial charge in [0.2, 0.25) is 5.95 Å². The molecule has 0 bridgehead atoms. The average Bonchev–Trinajstić information content (AvgIpc) is 2.62. The Morgan fingerprint density at radius 2 is 1.80 bits per heavy atom. The minimum absolute atomic E-state index is 0.111. The summed E-state index contributed by atoms with van der Waals surface area (Å²) in [5.74, 6) is -0.464. The predicted octanol–water partition coefficient (Wildman–Crippen LogP) is 4.28. The van der Waals surface area contributed by atoms with E-state index in [1.807, 2.05) is 0 Å². The van der Waals surface area contributed by atoms with Crippen molar-refractivity contribution in [2.75, 3.05) is 10.9 Å². The van der Waals surface area contributed by atoms with Crippen LogP contribution in [0.4, 0.5) is 21.6 Å². The lowest BCUT2D eigenvalue weighted by Gasteiger charge is -2.13. The van der Waals surface area contributed by atoms with E-state index in [1.165, 1.54) is 24.5 Å². The number of anilines is 2. The molecule has 7 nitrogen and oxygen atoms in total. The number of para-hydroxylation sites is 2. The number of hydrogen-bond acceptors (Lipinski definition) is 6. The van der Waals surface area contributed by atoms with Crippen molar-refractivity contribution in [3.63, 3.8) is 0 Å². The molecule has 0 aliphatic carbocycles. The van der Waals surface area contributed by atoms with E-state index < -0.39 is 10.9 Å². The highest BCUT2D eigenvalue weighted by atomic mass is 35.5. The largest absolute Gasteiger partial charge is 0.294 e. The fourth-order valence-electron chi connectivity index (χ4n) is 2.19. The topological polar surface area (TPSA) is 93.0 Å². The predicted molar refractivity (Wildman–Crippen MR) is 92.8 cm³/mol. The molecule has 3 rings (SSSR count). The second-order valence-corrected chi connectivity index (χ2v) is 5.27. The molecule has 0 saturated carbocycles. The number of hydrogen-bond donors (Lipinski definition) is 2. The Kier molecular flexibility index (Phi) is 4.71. The van der Waals surface area contributed by atoms with Gasteiger partial charge >= 0.3 is 0 Å². The van der Waals surface area contributed by atoms with Gasteiger partial charge in [-0.3, -0.25) is 21.0 Å². The number of rotatable bonds is 5. The number of pyridine rings is 2. The van der Waals surface area contributed by atoms with Crippen molar-refractivity contribution in [2.45, 2.75) is 0 Å². The SMILES string of the molecule is O=[N+]([O-])c1ccccc1NNc1nccc(-c2cccnc2F)c1Cl. The Labute approximate surface area is 146 Å². The van der Waals surface area contributed by atoms with Gasteiger partial charge in [0.25, 0.3) is 5.69 Å². The molecule has 0 radical (unpaired) electrons. The highest BCUT2D eigenvalue weighted by Crippen LogP contribution is 2.33. The third kappa shape index (κ3) is 3.48. The Morgan fingerprint density at radius 1 is 1.00 bits per heavy atom. The third-order valence-electron chi connectivity index (χ3n) is 3.35. The maximum absolute atomic E-state index is 13.9. The van der Waals surface area contributed by atoms with E-state index in [9.17, 15) is 14.5 Å². The van der Waals surface area contributed by atoms with Gasteiger partial charge in [-0.05, 0) is 24.3 Å². The molecule has 0 aliphatic rings. The summed E-state index contributed by atoms with van der Waals surface area (Å²) in [6, 6.07) is 10.8. The number of nitrogens with one attached hydrogen (secondary N) is 2. The van der Waals surface area contributed by atoms with Gasteiger partial charge in [-0.1, -0.05) is 23.7 Å². The van der Waals surface area contributed by atoms with Crippen LogP contribution in [0.2, 0.25) is 5.02 Å². The van der Waals surface area contributed by atoms with Crippen molar-refractivity contribution in [3.8, 4) is 11.1 Å². The highest BCUT2D eigenvalue weighted by Gasteiger charge is 2.15. The van der Waals surface area contributed by atoms with Crippen molar-refractivity contribution < 1.29 is 9.31 Å². The van der Waals surface area contributed by atoms with Crippen molar-refractivity contribution in [1.82, 2.24) is 9.97 Å². The number of halogens is 2. The van der Waals surface area contributed by atoms with E-state index in [2.05, 4.69) is 20.8 Å². The molecule has 2 N–H and O–H groups in total. The standard InChI is InChI=1S/C16H11ClFN5O2/c17-14-10(11-4-3-8-19-15(11)18)7-9-20-16(14)22-21-12-5-1-2-6-13(12)23(24)25/h1-9,21H,(H,20,22). The van der Waals surface area contributed by atoms with Gasteiger partial charge in [-0.15, -0.1) is 0 Å². The molecule has 3 aromatic rings. The van der Waals surface area contributed by atoms with E-state index >= 15 is 0 Å². The summed E-state index contributed by atoms with van der Waals surface area (Å²) in [4.78, 5) is 18.2. The molecular formula is C16H11ClFN5O2. The Balaban J connectivity index is 1.89. The summed E-state index contributed by atoms with van der Waals surface area (Å²) in [5, 5.41) is 11.2. The minimum atomic E-state index is -0.659. The normalized spacial score (nSPS) is 10.3. The zero-order valence-electron chi connectivity index (χ0n) is 12.6. The molecular weight excluding hydrogens is 349 g/mol. The lowest BCUT2D eigenvalue weighted by molar-refractivity contribution is -0.383. The monoisotopic (exact) mass is 359 g/mol. The van der Waals surface area contributed by atoms with Crippen LogP contribution in [0.1, 0.15) is 0 Å². The van der Waals surface area contributed by atoms with Gasteiger partial charge in [0, 0.05) is 29.6 Å². The quantitative estimate of drug-likeness (QED) is 0.401. The maximum atomic E-state index is 13.9. The van der Waals surface area contributed by atoms with Crippen LogP contribution in [0.5, 0.6) is 0 Å². The van der Waals surface area contributed by atoms with Crippen LogP contribution in [0.3, 0.4) is 0 Å². The van der Waals surface area contributed by atoms with Gasteiger partial charge in [0.15, 0.2) is 5.82 Å². The Bertz CT molecular complexity index is 938. The van der Waals surface area contributed by atoms with Crippen LogP contribution in [0, 0.1) is 16.1 Å². The minimum Gasteiger partial charge on any atom is -0.293 e. The fraction of sp³-hybridized carbons (Fsp3) is 0. The molecule has 0 spiro atoms. The molecule has 0 atom stereocenters. The van der Waals surface area contributed by atoms with Crippen LogP contribution < -0.4 is 10.9 Å².